The van der Waals surface area contributed by atoms with Gasteiger partial charge < -0.3 is 15.2 Å². The molecule has 1 aromatic carbocycles. The van der Waals surface area contributed by atoms with E-state index < -0.39 is 6.10 Å². The van der Waals surface area contributed by atoms with E-state index in [9.17, 15) is 5.11 Å². The maximum absolute atomic E-state index is 10.5. The number of rotatable bonds is 5. The fraction of sp³-hybridized carbons (Fsp3) is 0.368. The van der Waals surface area contributed by atoms with Crippen molar-refractivity contribution >= 4 is 27.4 Å². The van der Waals surface area contributed by atoms with E-state index in [4.69, 9.17) is 4.74 Å². The SMILES string of the molecule is COc1ccc(C(O)CNc2ncnc3sc4c(c23)CCCC4)cc1. The Morgan fingerprint density at radius 2 is 2.00 bits per heavy atom. The van der Waals surface area contributed by atoms with E-state index in [1.165, 1.54) is 23.3 Å². The second-order valence-corrected chi connectivity index (χ2v) is 7.37. The average Bonchev–Trinajstić information content (AvgIpc) is 3.05. The third kappa shape index (κ3) is 3.19. The van der Waals surface area contributed by atoms with Gasteiger partial charge in [-0.05, 0) is 48.9 Å². The molecule has 2 aromatic heterocycles. The molecule has 1 atom stereocenters. The molecule has 25 heavy (non-hydrogen) atoms. The van der Waals surface area contributed by atoms with Crippen LogP contribution in [-0.4, -0.2) is 28.7 Å². The molecule has 6 heteroatoms. The van der Waals surface area contributed by atoms with Gasteiger partial charge in [0.25, 0.3) is 0 Å². The second-order valence-electron chi connectivity index (χ2n) is 6.28. The maximum Gasteiger partial charge on any atom is 0.138 e. The summed E-state index contributed by atoms with van der Waals surface area (Å²) in [5.41, 5.74) is 2.25. The van der Waals surface area contributed by atoms with Crippen molar-refractivity contribution in [2.45, 2.75) is 31.8 Å². The Balaban J connectivity index is 1.55. The second kappa shape index (κ2) is 6.98. The van der Waals surface area contributed by atoms with Gasteiger partial charge in [0.2, 0.25) is 0 Å². The lowest BCUT2D eigenvalue weighted by Gasteiger charge is -2.15. The highest BCUT2D eigenvalue weighted by atomic mass is 32.1. The van der Waals surface area contributed by atoms with Crippen LogP contribution in [0.4, 0.5) is 5.82 Å². The number of aromatic nitrogens is 2. The largest absolute Gasteiger partial charge is 0.497 e. The number of thiophene rings is 1. The minimum absolute atomic E-state index is 0.406. The molecule has 130 valence electrons. The van der Waals surface area contributed by atoms with Gasteiger partial charge >= 0.3 is 0 Å². The van der Waals surface area contributed by atoms with Gasteiger partial charge in [-0.2, -0.15) is 0 Å². The number of hydrogen-bond donors (Lipinski definition) is 2. The van der Waals surface area contributed by atoms with Crippen molar-refractivity contribution in [2.24, 2.45) is 0 Å². The van der Waals surface area contributed by atoms with E-state index in [1.54, 1.807) is 24.8 Å². The van der Waals surface area contributed by atoms with Gasteiger partial charge in [0.1, 0.15) is 22.7 Å². The predicted molar refractivity (Wildman–Crippen MR) is 101 cm³/mol. The van der Waals surface area contributed by atoms with Crippen LogP contribution < -0.4 is 10.1 Å². The Hall–Kier alpha value is -2.18. The van der Waals surface area contributed by atoms with Gasteiger partial charge in [-0.3, -0.25) is 0 Å². The molecule has 1 aliphatic carbocycles. The van der Waals surface area contributed by atoms with Gasteiger partial charge in [0.05, 0.1) is 18.6 Å². The van der Waals surface area contributed by atoms with Crippen LogP contribution in [0.15, 0.2) is 30.6 Å². The lowest BCUT2D eigenvalue weighted by atomic mass is 9.97. The van der Waals surface area contributed by atoms with E-state index in [-0.39, 0.29) is 0 Å². The Labute approximate surface area is 150 Å². The number of aliphatic hydroxyl groups is 1. The van der Waals surface area contributed by atoms with E-state index in [0.717, 1.165) is 40.2 Å². The smallest absolute Gasteiger partial charge is 0.138 e. The molecule has 0 saturated heterocycles. The first-order valence-corrected chi connectivity index (χ1v) is 9.39. The van der Waals surface area contributed by atoms with Crippen LogP contribution in [0.2, 0.25) is 0 Å². The lowest BCUT2D eigenvalue weighted by Crippen LogP contribution is -2.13. The predicted octanol–water partition coefficient (Wildman–Crippen LogP) is 3.72. The number of ether oxygens (including phenoxy) is 1. The third-order valence-electron chi connectivity index (χ3n) is 4.71. The summed E-state index contributed by atoms with van der Waals surface area (Å²) in [4.78, 5) is 11.4. The summed E-state index contributed by atoms with van der Waals surface area (Å²) in [6.45, 7) is 0.406. The molecule has 1 aliphatic rings. The number of anilines is 1. The Morgan fingerprint density at radius 1 is 1.20 bits per heavy atom. The molecule has 0 saturated carbocycles. The van der Waals surface area contributed by atoms with Crippen molar-refractivity contribution in [3.05, 3.63) is 46.6 Å². The minimum Gasteiger partial charge on any atom is -0.497 e. The van der Waals surface area contributed by atoms with Crippen molar-refractivity contribution < 1.29 is 9.84 Å². The van der Waals surface area contributed by atoms with Gasteiger partial charge in [-0.25, -0.2) is 9.97 Å². The molecule has 0 aliphatic heterocycles. The van der Waals surface area contributed by atoms with E-state index >= 15 is 0 Å². The zero-order chi connectivity index (χ0) is 17.2. The van der Waals surface area contributed by atoms with Gasteiger partial charge in [-0.15, -0.1) is 11.3 Å². The van der Waals surface area contributed by atoms with Gasteiger partial charge in [0.15, 0.2) is 0 Å². The first kappa shape index (κ1) is 16.3. The Bertz CT molecular complexity index is 876. The molecule has 0 fully saturated rings. The van der Waals surface area contributed by atoms with E-state index in [0.29, 0.717) is 6.54 Å². The van der Waals surface area contributed by atoms with Crippen LogP contribution in [0.5, 0.6) is 5.75 Å². The third-order valence-corrected chi connectivity index (χ3v) is 5.91. The zero-order valence-corrected chi connectivity index (χ0v) is 15.0. The van der Waals surface area contributed by atoms with Crippen LogP contribution in [0, 0.1) is 0 Å². The molecule has 3 aromatic rings. The molecule has 1 unspecified atom stereocenters. The number of fused-ring (bicyclic) bond motifs is 3. The fourth-order valence-electron chi connectivity index (χ4n) is 3.36. The molecule has 0 amide bonds. The first-order valence-electron chi connectivity index (χ1n) is 8.57. The van der Waals surface area contributed by atoms with Crippen LogP contribution >= 0.6 is 11.3 Å². The number of nitrogens with one attached hydrogen (secondary N) is 1. The summed E-state index contributed by atoms with van der Waals surface area (Å²) in [6, 6.07) is 7.48. The van der Waals surface area contributed by atoms with Crippen LogP contribution in [0.1, 0.15) is 34.9 Å². The van der Waals surface area contributed by atoms with Crippen molar-refractivity contribution in [1.82, 2.24) is 9.97 Å². The molecule has 2 heterocycles. The molecule has 2 N–H and O–H groups in total. The highest BCUT2D eigenvalue weighted by Gasteiger charge is 2.20. The highest BCUT2D eigenvalue weighted by molar-refractivity contribution is 7.19. The summed E-state index contributed by atoms with van der Waals surface area (Å²) in [5.74, 6) is 1.61. The fourth-order valence-corrected chi connectivity index (χ4v) is 4.59. The van der Waals surface area contributed by atoms with Gasteiger partial charge in [-0.1, -0.05) is 12.1 Å². The summed E-state index contributed by atoms with van der Waals surface area (Å²) in [6.07, 6.45) is 5.72. The summed E-state index contributed by atoms with van der Waals surface area (Å²) in [7, 11) is 1.63. The van der Waals surface area contributed by atoms with Crippen molar-refractivity contribution in [3.63, 3.8) is 0 Å². The van der Waals surface area contributed by atoms with Crippen molar-refractivity contribution in [1.29, 1.82) is 0 Å². The minimum atomic E-state index is -0.606. The monoisotopic (exact) mass is 355 g/mol. The van der Waals surface area contributed by atoms with E-state index in [2.05, 4.69) is 15.3 Å². The number of methoxy groups -OCH3 is 1. The van der Waals surface area contributed by atoms with Crippen molar-refractivity contribution in [2.75, 3.05) is 19.0 Å². The number of nitrogens with zero attached hydrogens (tertiary/aromatic N) is 2. The van der Waals surface area contributed by atoms with Crippen LogP contribution in [0.25, 0.3) is 10.2 Å². The van der Waals surface area contributed by atoms with E-state index in [1.807, 2.05) is 24.3 Å². The normalized spacial score (nSPS) is 15.0. The van der Waals surface area contributed by atoms with Gasteiger partial charge in [0, 0.05) is 11.4 Å². The molecule has 0 bridgehead atoms. The molecule has 5 nitrogen and oxygen atoms in total. The molecular formula is C19H21N3O2S. The number of aryl methyl sites for hydroxylation is 2. The zero-order valence-electron chi connectivity index (χ0n) is 14.2. The summed E-state index contributed by atoms with van der Waals surface area (Å²) >= 11 is 1.78. The summed E-state index contributed by atoms with van der Waals surface area (Å²) < 4.78 is 5.16. The van der Waals surface area contributed by atoms with Crippen LogP contribution in [0.3, 0.4) is 0 Å². The molecule has 0 radical (unpaired) electrons. The Kier molecular flexibility index (Phi) is 4.55. The maximum atomic E-state index is 10.5. The Morgan fingerprint density at radius 3 is 2.80 bits per heavy atom. The lowest BCUT2D eigenvalue weighted by molar-refractivity contribution is 0.191. The average molecular weight is 355 g/mol. The topological polar surface area (TPSA) is 67.3 Å². The highest BCUT2D eigenvalue weighted by Crippen LogP contribution is 2.38. The number of hydrogen-bond acceptors (Lipinski definition) is 6. The quantitative estimate of drug-likeness (QED) is 0.730. The number of benzene rings is 1. The van der Waals surface area contributed by atoms with Crippen LogP contribution in [-0.2, 0) is 12.8 Å². The number of aliphatic hydroxyl groups excluding tert-OH is 1. The first-order chi connectivity index (χ1) is 12.3. The van der Waals surface area contributed by atoms with Crippen molar-refractivity contribution in [3.8, 4) is 5.75 Å². The summed E-state index contributed by atoms with van der Waals surface area (Å²) in [5, 5.41) is 14.9. The molecule has 0 spiro atoms. The molecule has 4 rings (SSSR count). The standard InChI is InChI=1S/C19H21N3O2S/c1-24-13-8-6-12(7-9-13)15(23)10-20-18-17-14-4-2-3-5-16(14)25-19(17)22-11-21-18/h6-9,11,15,23H,2-5,10H2,1H3,(H,20,21,22). The molecular weight excluding hydrogens is 334 g/mol.